The summed E-state index contributed by atoms with van der Waals surface area (Å²) < 4.78 is 8.28. The summed E-state index contributed by atoms with van der Waals surface area (Å²) in [5, 5.41) is 2.91. The molecular weight excluding hydrogens is 382 g/mol. The minimum absolute atomic E-state index is 0.276. The van der Waals surface area contributed by atoms with Crippen LogP contribution in [0.3, 0.4) is 0 Å². The highest BCUT2D eigenvalue weighted by Gasteiger charge is 2.24. The molecular formula is C19H26BrN3O2. The summed E-state index contributed by atoms with van der Waals surface area (Å²) >= 11 is 3.50. The van der Waals surface area contributed by atoms with Gasteiger partial charge < -0.3 is 14.5 Å². The second-order valence-corrected chi connectivity index (χ2v) is 7.78. The number of aromatic nitrogens is 2. The number of imidazole rings is 1. The number of alkyl carbamates (subject to hydrolysis) is 1. The molecule has 2 aromatic rings. The summed E-state index contributed by atoms with van der Waals surface area (Å²) in [6.45, 7) is 3.32. The average molecular weight is 408 g/mol. The number of unbranched alkanes of at least 4 members (excludes halogenated alkanes) is 1. The molecule has 1 aliphatic carbocycles. The molecule has 1 N–H and O–H groups in total. The topological polar surface area (TPSA) is 55.6 Å². The molecule has 6 heteroatoms. The molecule has 0 unspecified atom stereocenters. The molecule has 0 bridgehead atoms. The first-order valence-corrected chi connectivity index (χ1v) is 9.99. The second-order valence-electron chi connectivity index (χ2n) is 6.87. The number of halogens is 1. The third kappa shape index (κ3) is 4.97. The van der Waals surface area contributed by atoms with Gasteiger partial charge in [0.05, 0.1) is 12.3 Å². The molecule has 0 aliphatic heterocycles. The highest BCUT2D eigenvalue weighted by Crippen LogP contribution is 2.35. The standard InChI is InChI=1S/C19H26BrN3O2/c1-2-3-10-25-19(24)21-11-14-4-6-15(7-5-14)17-13-23-12-16(20)8-9-18(23)22-17/h8-9,12-15H,2-7,10-11H2,1H3,(H,21,24). The number of nitrogens with one attached hydrogen (secondary N) is 1. The minimum atomic E-state index is -0.276. The second kappa shape index (κ2) is 8.70. The molecule has 0 aromatic carbocycles. The van der Waals surface area contributed by atoms with Crippen LogP contribution in [0.2, 0.25) is 0 Å². The molecule has 1 amide bonds. The fourth-order valence-electron chi connectivity index (χ4n) is 3.43. The van der Waals surface area contributed by atoms with Gasteiger partial charge >= 0.3 is 6.09 Å². The Kier molecular flexibility index (Phi) is 6.34. The Bertz CT molecular complexity index is 708. The van der Waals surface area contributed by atoms with E-state index in [1.165, 1.54) is 5.69 Å². The number of nitrogens with zero attached hydrogens (tertiary/aromatic N) is 2. The van der Waals surface area contributed by atoms with Gasteiger partial charge in [0.15, 0.2) is 0 Å². The van der Waals surface area contributed by atoms with Crippen molar-refractivity contribution in [2.24, 2.45) is 5.92 Å². The first-order valence-electron chi connectivity index (χ1n) is 9.20. The van der Waals surface area contributed by atoms with E-state index in [-0.39, 0.29) is 6.09 Å². The minimum Gasteiger partial charge on any atom is -0.450 e. The average Bonchev–Trinajstić information content (AvgIpc) is 3.04. The molecule has 1 saturated carbocycles. The number of carbonyl (C=O) groups is 1. The summed E-state index contributed by atoms with van der Waals surface area (Å²) in [4.78, 5) is 16.4. The zero-order valence-electron chi connectivity index (χ0n) is 14.7. The summed E-state index contributed by atoms with van der Waals surface area (Å²) in [5.74, 6) is 1.06. The maximum absolute atomic E-state index is 11.6. The number of fused-ring (bicyclic) bond motifs is 1. The number of carbonyl (C=O) groups excluding carboxylic acids is 1. The van der Waals surface area contributed by atoms with Crippen LogP contribution in [0.4, 0.5) is 4.79 Å². The van der Waals surface area contributed by atoms with Gasteiger partial charge in [-0.15, -0.1) is 0 Å². The Labute approximate surface area is 157 Å². The number of rotatable bonds is 6. The van der Waals surface area contributed by atoms with E-state index in [1.807, 2.05) is 18.3 Å². The van der Waals surface area contributed by atoms with Gasteiger partial charge in [0.1, 0.15) is 5.65 Å². The van der Waals surface area contributed by atoms with E-state index in [9.17, 15) is 4.79 Å². The van der Waals surface area contributed by atoms with E-state index in [0.717, 1.165) is 55.2 Å². The van der Waals surface area contributed by atoms with Crippen LogP contribution in [0.1, 0.15) is 57.1 Å². The normalized spacial score (nSPS) is 20.6. The van der Waals surface area contributed by atoms with Crippen LogP contribution in [0, 0.1) is 5.92 Å². The predicted molar refractivity (Wildman–Crippen MR) is 102 cm³/mol. The molecule has 1 aliphatic rings. The Morgan fingerprint density at radius 3 is 2.88 bits per heavy atom. The zero-order chi connectivity index (χ0) is 17.6. The highest BCUT2D eigenvalue weighted by atomic mass is 79.9. The van der Waals surface area contributed by atoms with Crippen LogP contribution >= 0.6 is 15.9 Å². The first-order chi connectivity index (χ1) is 12.2. The lowest BCUT2D eigenvalue weighted by molar-refractivity contribution is 0.141. The third-order valence-corrected chi connectivity index (χ3v) is 5.43. The summed E-state index contributed by atoms with van der Waals surface area (Å²) in [7, 11) is 0. The van der Waals surface area contributed by atoms with Crippen molar-refractivity contribution in [3.05, 3.63) is 34.7 Å². The fourth-order valence-corrected chi connectivity index (χ4v) is 3.78. The lowest BCUT2D eigenvalue weighted by Crippen LogP contribution is -2.31. The Morgan fingerprint density at radius 1 is 1.32 bits per heavy atom. The SMILES string of the molecule is CCCCOC(=O)NCC1CCC(c2cn3cc(Br)ccc3n2)CC1. The molecule has 0 radical (unpaired) electrons. The van der Waals surface area contributed by atoms with Crippen LogP contribution in [0.15, 0.2) is 29.0 Å². The van der Waals surface area contributed by atoms with E-state index in [0.29, 0.717) is 18.4 Å². The third-order valence-electron chi connectivity index (χ3n) is 4.96. The van der Waals surface area contributed by atoms with Crippen molar-refractivity contribution in [3.8, 4) is 0 Å². The first kappa shape index (κ1) is 18.2. The van der Waals surface area contributed by atoms with Crippen LogP contribution in [0.5, 0.6) is 0 Å². The Morgan fingerprint density at radius 2 is 2.12 bits per heavy atom. The van der Waals surface area contributed by atoms with E-state index in [2.05, 4.69) is 38.8 Å². The van der Waals surface area contributed by atoms with Crippen LogP contribution < -0.4 is 5.32 Å². The summed E-state index contributed by atoms with van der Waals surface area (Å²) in [6, 6.07) is 4.06. The number of hydrogen-bond acceptors (Lipinski definition) is 3. The van der Waals surface area contributed by atoms with Crippen molar-refractivity contribution in [1.82, 2.24) is 14.7 Å². The van der Waals surface area contributed by atoms with Crippen LogP contribution in [-0.4, -0.2) is 28.6 Å². The molecule has 2 aromatic heterocycles. The van der Waals surface area contributed by atoms with Crippen molar-refractivity contribution < 1.29 is 9.53 Å². The lowest BCUT2D eigenvalue weighted by atomic mass is 9.80. The molecule has 0 saturated heterocycles. The zero-order valence-corrected chi connectivity index (χ0v) is 16.3. The van der Waals surface area contributed by atoms with Gasteiger partial charge in [0.2, 0.25) is 0 Å². The van der Waals surface area contributed by atoms with E-state index < -0.39 is 0 Å². The number of hydrogen-bond donors (Lipinski definition) is 1. The number of ether oxygens (including phenoxy) is 1. The van der Waals surface area contributed by atoms with E-state index >= 15 is 0 Å². The van der Waals surface area contributed by atoms with Gasteiger partial charge in [0.25, 0.3) is 0 Å². The summed E-state index contributed by atoms with van der Waals surface area (Å²) in [6.07, 6.45) is 10.4. The molecule has 136 valence electrons. The largest absolute Gasteiger partial charge is 0.450 e. The maximum atomic E-state index is 11.6. The monoisotopic (exact) mass is 407 g/mol. The maximum Gasteiger partial charge on any atom is 0.407 e. The number of pyridine rings is 1. The van der Waals surface area contributed by atoms with Gasteiger partial charge in [-0.3, -0.25) is 0 Å². The van der Waals surface area contributed by atoms with Gasteiger partial charge in [-0.1, -0.05) is 13.3 Å². The van der Waals surface area contributed by atoms with E-state index in [1.54, 1.807) is 0 Å². The lowest BCUT2D eigenvalue weighted by Gasteiger charge is -2.27. The van der Waals surface area contributed by atoms with Gasteiger partial charge in [-0.05, 0) is 66.1 Å². The van der Waals surface area contributed by atoms with Gasteiger partial charge in [-0.25, -0.2) is 9.78 Å². The molecule has 0 spiro atoms. The summed E-state index contributed by atoms with van der Waals surface area (Å²) in [5.41, 5.74) is 2.18. The molecule has 3 rings (SSSR count). The van der Waals surface area contributed by atoms with Crippen molar-refractivity contribution in [2.75, 3.05) is 13.2 Å². The fraction of sp³-hybridized carbons (Fsp3) is 0.579. The molecule has 5 nitrogen and oxygen atoms in total. The predicted octanol–water partition coefficient (Wildman–Crippen LogP) is 4.90. The Balaban J connectivity index is 1.45. The van der Waals surface area contributed by atoms with Gasteiger partial charge in [0, 0.05) is 29.3 Å². The van der Waals surface area contributed by atoms with Crippen LogP contribution in [0.25, 0.3) is 5.65 Å². The van der Waals surface area contributed by atoms with Crippen molar-refractivity contribution >= 4 is 27.7 Å². The smallest absolute Gasteiger partial charge is 0.407 e. The molecule has 2 heterocycles. The quantitative estimate of drug-likeness (QED) is 0.692. The van der Waals surface area contributed by atoms with Crippen LogP contribution in [-0.2, 0) is 4.74 Å². The van der Waals surface area contributed by atoms with Gasteiger partial charge in [-0.2, -0.15) is 0 Å². The number of amides is 1. The van der Waals surface area contributed by atoms with Crippen molar-refractivity contribution in [1.29, 1.82) is 0 Å². The van der Waals surface area contributed by atoms with E-state index in [4.69, 9.17) is 9.72 Å². The Hall–Kier alpha value is -1.56. The van der Waals surface area contributed by atoms with Crippen molar-refractivity contribution in [2.45, 2.75) is 51.4 Å². The highest BCUT2D eigenvalue weighted by molar-refractivity contribution is 9.10. The molecule has 1 fully saturated rings. The van der Waals surface area contributed by atoms with Crippen molar-refractivity contribution in [3.63, 3.8) is 0 Å². The molecule has 25 heavy (non-hydrogen) atoms. The molecule has 0 atom stereocenters.